The number of ether oxygens (including phenoxy) is 1. The van der Waals surface area contributed by atoms with E-state index in [1.807, 2.05) is 0 Å². The second-order valence-electron chi connectivity index (χ2n) is 7.46. The van der Waals surface area contributed by atoms with E-state index >= 15 is 0 Å². The number of halogens is 2. The highest BCUT2D eigenvalue weighted by molar-refractivity contribution is 7.89. The molecule has 168 valence electrons. The van der Waals surface area contributed by atoms with Gasteiger partial charge >= 0.3 is 0 Å². The van der Waals surface area contributed by atoms with Crippen molar-refractivity contribution in [3.8, 4) is 5.75 Å². The van der Waals surface area contributed by atoms with E-state index in [2.05, 4.69) is 5.32 Å². The van der Waals surface area contributed by atoms with E-state index < -0.39 is 21.8 Å². The van der Waals surface area contributed by atoms with Crippen LogP contribution in [0.5, 0.6) is 5.75 Å². The average Bonchev–Trinajstić information content (AvgIpc) is 2.77. The maximum Gasteiger partial charge on any atom is 0.243 e. The second-order valence-corrected chi connectivity index (χ2v) is 9.83. The summed E-state index contributed by atoms with van der Waals surface area (Å²) in [6, 6.07) is 11.9. The quantitative estimate of drug-likeness (QED) is 0.567. The summed E-state index contributed by atoms with van der Waals surface area (Å²) in [5.41, 5.74) is 0. The Morgan fingerprint density at radius 1 is 1.13 bits per heavy atom. The normalized spacial score (nSPS) is 17.3. The van der Waals surface area contributed by atoms with Crippen molar-refractivity contribution in [3.05, 3.63) is 59.4 Å². The van der Waals surface area contributed by atoms with Gasteiger partial charge in [0.25, 0.3) is 0 Å². The smallest absolute Gasteiger partial charge is 0.243 e. The zero-order valence-corrected chi connectivity index (χ0v) is 18.7. The highest BCUT2D eigenvalue weighted by Gasteiger charge is 2.33. The molecule has 6 nitrogen and oxygen atoms in total. The van der Waals surface area contributed by atoms with Crippen LogP contribution in [0.4, 0.5) is 4.39 Å². The number of rotatable bonds is 9. The van der Waals surface area contributed by atoms with E-state index in [4.69, 9.17) is 16.3 Å². The van der Waals surface area contributed by atoms with Crippen LogP contribution in [0.15, 0.2) is 53.4 Å². The van der Waals surface area contributed by atoms with Crippen molar-refractivity contribution in [1.29, 1.82) is 0 Å². The molecule has 1 saturated heterocycles. The van der Waals surface area contributed by atoms with Crippen molar-refractivity contribution < 1.29 is 22.3 Å². The second kappa shape index (κ2) is 10.9. The molecule has 2 aromatic carbocycles. The number of nitrogens with one attached hydrogen (secondary N) is 1. The first-order chi connectivity index (χ1) is 14.9. The molecular weight excluding hydrogens is 443 g/mol. The number of unbranched alkanes of at least 4 members (excludes halogenated alkanes) is 1. The van der Waals surface area contributed by atoms with Crippen molar-refractivity contribution in [3.63, 3.8) is 0 Å². The molecule has 3 rings (SSSR count). The number of hydrogen-bond donors (Lipinski definition) is 1. The molecule has 1 aliphatic heterocycles. The number of benzene rings is 2. The predicted octanol–water partition coefficient (Wildman–Crippen LogP) is 3.86. The summed E-state index contributed by atoms with van der Waals surface area (Å²) in [5.74, 6) is -0.279. The van der Waals surface area contributed by atoms with Crippen molar-refractivity contribution in [1.82, 2.24) is 9.62 Å². The minimum atomic E-state index is -3.74. The molecule has 1 N–H and O–H groups in total. The molecule has 0 aliphatic carbocycles. The fourth-order valence-electron chi connectivity index (χ4n) is 3.43. The van der Waals surface area contributed by atoms with Gasteiger partial charge in [0.1, 0.15) is 11.6 Å². The van der Waals surface area contributed by atoms with Gasteiger partial charge in [0.05, 0.1) is 17.4 Å². The lowest BCUT2D eigenvalue weighted by Gasteiger charge is -2.31. The lowest BCUT2D eigenvalue weighted by Crippen LogP contribution is -2.45. The number of amides is 1. The molecule has 0 bridgehead atoms. The molecule has 0 radical (unpaired) electrons. The number of sulfonamides is 1. The Bertz CT molecular complexity index is 968. The van der Waals surface area contributed by atoms with Crippen LogP contribution in [-0.4, -0.2) is 44.9 Å². The number of piperidine rings is 1. The van der Waals surface area contributed by atoms with Gasteiger partial charge in [-0.25, -0.2) is 12.8 Å². The standard InChI is InChI=1S/C22H26ClFN2O4S/c23-18-5-9-20(10-6-18)30-15-2-1-13-25-22(27)17-4-3-14-26(16-17)31(28,29)21-11-7-19(24)8-12-21/h5-12,17H,1-4,13-16H2,(H,25,27). The van der Waals surface area contributed by atoms with Gasteiger partial charge in [-0.05, 0) is 74.2 Å². The third-order valence-corrected chi connectivity index (χ3v) is 7.29. The number of carbonyl (C=O) groups is 1. The minimum absolute atomic E-state index is 0.0376. The summed E-state index contributed by atoms with van der Waals surface area (Å²) < 4.78 is 45.6. The zero-order valence-electron chi connectivity index (χ0n) is 17.1. The Morgan fingerprint density at radius 2 is 1.84 bits per heavy atom. The third kappa shape index (κ3) is 6.66. The van der Waals surface area contributed by atoms with Gasteiger partial charge in [-0.1, -0.05) is 11.6 Å². The van der Waals surface area contributed by atoms with Crippen LogP contribution in [0.2, 0.25) is 5.02 Å². The fourth-order valence-corrected chi connectivity index (χ4v) is 5.08. The summed E-state index contributed by atoms with van der Waals surface area (Å²) in [5, 5.41) is 3.55. The molecule has 0 aromatic heterocycles. The van der Waals surface area contributed by atoms with E-state index in [9.17, 15) is 17.6 Å². The van der Waals surface area contributed by atoms with Crippen LogP contribution in [0.25, 0.3) is 0 Å². The third-order valence-electron chi connectivity index (χ3n) is 5.16. The van der Waals surface area contributed by atoms with Crippen LogP contribution >= 0.6 is 11.6 Å². The lowest BCUT2D eigenvalue weighted by atomic mass is 9.99. The van der Waals surface area contributed by atoms with E-state index in [-0.39, 0.29) is 17.3 Å². The van der Waals surface area contributed by atoms with Crippen LogP contribution in [0, 0.1) is 11.7 Å². The molecule has 2 aromatic rings. The van der Waals surface area contributed by atoms with Gasteiger partial charge in [-0.3, -0.25) is 4.79 Å². The first-order valence-electron chi connectivity index (χ1n) is 10.3. The molecule has 1 amide bonds. The van der Waals surface area contributed by atoms with Gasteiger partial charge < -0.3 is 10.1 Å². The first kappa shape index (κ1) is 23.5. The molecule has 0 saturated carbocycles. The molecule has 1 unspecified atom stereocenters. The van der Waals surface area contributed by atoms with E-state index in [0.29, 0.717) is 37.6 Å². The monoisotopic (exact) mass is 468 g/mol. The molecule has 1 aliphatic rings. The fraction of sp³-hybridized carbons (Fsp3) is 0.409. The number of carbonyl (C=O) groups excluding carboxylic acids is 1. The summed E-state index contributed by atoms with van der Waals surface area (Å²) >= 11 is 5.83. The Morgan fingerprint density at radius 3 is 2.55 bits per heavy atom. The molecular formula is C22H26ClFN2O4S. The summed E-state index contributed by atoms with van der Waals surface area (Å²) in [4.78, 5) is 12.5. The largest absolute Gasteiger partial charge is 0.494 e. The molecule has 9 heteroatoms. The topological polar surface area (TPSA) is 75.7 Å². The van der Waals surface area contributed by atoms with Crippen molar-refractivity contribution in [2.45, 2.75) is 30.6 Å². The van der Waals surface area contributed by atoms with Crippen LogP contribution in [0.3, 0.4) is 0 Å². The van der Waals surface area contributed by atoms with Gasteiger partial charge in [0, 0.05) is 24.7 Å². The molecule has 31 heavy (non-hydrogen) atoms. The van der Waals surface area contributed by atoms with E-state index in [1.165, 1.54) is 16.4 Å². The maximum atomic E-state index is 13.1. The molecule has 1 fully saturated rings. The van der Waals surface area contributed by atoms with Gasteiger partial charge in [-0.2, -0.15) is 4.31 Å². The van der Waals surface area contributed by atoms with Crippen molar-refractivity contribution in [2.24, 2.45) is 5.92 Å². The minimum Gasteiger partial charge on any atom is -0.494 e. The summed E-state index contributed by atoms with van der Waals surface area (Å²) in [6.45, 7) is 1.52. The van der Waals surface area contributed by atoms with Crippen molar-refractivity contribution in [2.75, 3.05) is 26.2 Å². The van der Waals surface area contributed by atoms with Gasteiger partial charge in [-0.15, -0.1) is 0 Å². The maximum absolute atomic E-state index is 13.1. The van der Waals surface area contributed by atoms with E-state index in [0.717, 1.165) is 30.7 Å². The Balaban J connectivity index is 1.41. The van der Waals surface area contributed by atoms with Crippen LogP contribution in [-0.2, 0) is 14.8 Å². The Labute approximate surface area is 187 Å². The molecule has 1 heterocycles. The SMILES string of the molecule is O=C(NCCCCOc1ccc(Cl)cc1)C1CCCN(S(=O)(=O)c2ccc(F)cc2)C1. The Kier molecular flexibility index (Phi) is 8.28. The summed E-state index contributed by atoms with van der Waals surface area (Å²) in [7, 11) is -3.74. The zero-order chi connectivity index (χ0) is 22.3. The highest BCUT2D eigenvalue weighted by Crippen LogP contribution is 2.24. The predicted molar refractivity (Wildman–Crippen MR) is 117 cm³/mol. The van der Waals surface area contributed by atoms with Gasteiger partial charge in [0.15, 0.2) is 0 Å². The molecule has 0 spiro atoms. The number of nitrogens with zero attached hydrogens (tertiary/aromatic N) is 1. The van der Waals surface area contributed by atoms with Crippen molar-refractivity contribution >= 4 is 27.5 Å². The Hall–Kier alpha value is -2.16. The lowest BCUT2D eigenvalue weighted by molar-refractivity contribution is -0.126. The van der Waals surface area contributed by atoms with E-state index in [1.54, 1.807) is 24.3 Å². The average molecular weight is 469 g/mol. The first-order valence-corrected chi connectivity index (χ1v) is 12.1. The van der Waals surface area contributed by atoms with Crippen LogP contribution in [0.1, 0.15) is 25.7 Å². The highest BCUT2D eigenvalue weighted by atomic mass is 35.5. The number of hydrogen-bond acceptors (Lipinski definition) is 4. The summed E-state index contributed by atoms with van der Waals surface area (Å²) in [6.07, 6.45) is 2.77. The van der Waals surface area contributed by atoms with Gasteiger partial charge in [0.2, 0.25) is 15.9 Å². The van der Waals surface area contributed by atoms with Crippen LogP contribution < -0.4 is 10.1 Å². The molecule has 1 atom stereocenters.